The lowest BCUT2D eigenvalue weighted by Gasteiger charge is -2.27. The van der Waals surface area contributed by atoms with Crippen LogP contribution >= 0.6 is 11.6 Å². The van der Waals surface area contributed by atoms with Gasteiger partial charge in [0.25, 0.3) is 5.91 Å². The number of hydrogen-bond donors (Lipinski definition) is 1. The molecule has 0 saturated heterocycles. The Hall–Kier alpha value is -1.22. The minimum absolute atomic E-state index is 0.0149. The van der Waals surface area contributed by atoms with Gasteiger partial charge in [0.05, 0.1) is 0 Å². The highest BCUT2D eigenvalue weighted by Crippen LogP contribution is 2.24. The monoisotopic (exact) mass is 280 g/mol. The van der Waals surface area contributed by atoms with Crippen molar-refractivity contribution in [3.8, 4) is 0 Å². The third-order valence-electron chi connectivity index (χ3n) is 3.86. The largest absolute Gasteiger partial charge is 0.399 e. The molecule has 1 amide bonds. The number of anilines is 1. The van der Waals surface area contributed by atoms with Crippen LogP contribution < -0.4 is 5.73 Å². The summed E-state index contributed by atoms with van der Waals surface area (Å²) in [6, 6.07) is 5.38. The summed E-state index contributed by atoms with van der Waals surface area (Å²) in [7, 11) is 1.88. The Kier molecular flexibility index (Phi) is 4.70. The minimum Gasteiger partial charge on any atom is -0.399 e. The van der Waals surface area contributed by atoms with Crippen molar-refractivity contribution in [2.45, 2.75) is 44.6 Å². The van der Waals surface area contributed by atoms with Crippen molar-refractivity contribution >= 4 is 23.2 Å². The molecule has 104 valence electrons. The van der Waals surface area contributed by atoms with Crippen LogP contribution in [0.25, 0.3) is 0 Å². The van der Waals surface area contributed by atoms with Gasteiger partial charge in [-0.15, -0.1) is 0 Å². The zero-order valence-electron chi connectivity index (χ0n) is 11.4. The summed E-state index contributed by atoms with van der Waals surface area (Å²) < 4.78 is 0. The first-order valence-corrected chi connectivity index (χ1v) is 7.29. The van der Waals surface area contributed by atoms with Crippen molar-refractivity contribution in [2.75, 3.05) is 12.8 Å². The fraction of sp³-hybridized carbons (Fsp3) is 0.533. The number of carbonyl (C=O) groups is 1. The van der Waals surface area contributed by atoms with Crippen molar-refractivity contribution in [2.24, 2.45) is 0 Å². The van der Waals surface area contributed by atoms with Crippen LogP contribution in [0.3, 0.4) is 0 Å². The standard InChI is InChI=1S/C15H21ClN2O/c1-18(14-6-4-2-3-5-7-14)15(19)11-8-12(16)10-13(17)9-11/h8-10,14H,2-7,17H2,1H3. The first-order valence-electron chi connectivity index (χ1n) is 6.91. The minimum atomic E-state index is 0.0149. The van der Waals surface area contributed by atoms with Crippen LogP contribution in [0.1, 0.15) is 48.9 Å². The summed E-state index contributed by atoms with van der Waals surface area (Å²) in [6.07, 6.45) is 7.17. The lowest BCUT2D eigenvalue weighted by atomic mass is 10.1. The molecule has 3 nitrogen and oxygen atoms in total. The Bertz CT molecular complexity index is 433. The number of hydrogen-bond acceptors (Lipinski definition) is 2. The first kappa shape index (κ1) is 14.2. The predicted molar refractivity (Wildman–Crippen MR) is 79.4 cm³/mol. The second-order valence-corrected chi connectivity index (χ2v) is 5.77. The average Bonchev–Trinajstić information content (AvgIpc) is 2.64. The molecule has 0 atom stereocenters. The van der Waals surface area contributed by atoms with Crippen LogP contribution in [-0.2, 0) is 0 Å². The molecule has 1 aliphatic carbocycles. The highest BCUT2D eigenvalue weighted by Gasteiger charge is 2.22. The van der Waals surface area contributed by atoms with Gasteiger partial charge in [-0.2, -0.15) is 0 Å². The third kappa shape index (κ3) is 3.63. The Morgan fingerprint density at radius 3 is 2.42 bits per heavy atom. The van der Waals surface area contributed by atoms with Gasteiger partial charge in [0.15, 0.2) is 0 Å². The molecule has 0 unspecified atom stereocenters. The van der Waals surface area contributed by atoms with E-state index in [1.165, 1.54) is 25.7 Å². The second kappa shape index (κ2) is 6.29. The number of nitrogens with zero attached hydrogens (tertiary/aromatic N) is 1. The molecule has 19 heavy (non-hydrogen) atoms. The molecule has 0 spiro atoms. The molecule has 0 heterocycles. The van der Waals surface area contributed by atoms with Gasteiger partial charge in [-0.3, -0.25) is 4.79 Å². The van der Waals surface area contributed by atoms with E-state index < -0.39 is 0 Å². The number of rotatable bonds is 2. The molecule has 0 aromatic heterocycles. The highest BCUT2D eigenvalue weighted by atomic mass is 35.5. The van der Waals surface area contributed by atoms with Crippen molar-refractivity contribution in [3.63, 3.8) is 0 Å². The van der Waals surface area contributed by atoms with E-state index in [2.05, 4.69) is 0 Å². The maximum Gasteiger partial charge on any atom is 0.253 e. The lowest BCUT2D eigenvalue weighted by molar-refractivity contribution is 0.0718. The quantitative estimate of drug-likeness (QED) is 0.663. The van der Waals surface area contributed by atoms with Gasteiger partial charge in [0.1, 0.15) is 0 Å². The van der Waals surface area contributed by atoms with Gasteiger partial charge in [0.2, 0.25) is 0 Å². The van der Waals surface area contributed by atoms with Gasteiger partial charge in [-0.05, 0) is 31.0 Å². The number of carbonyl (C=O) groups excluding carboxylic acids is 1. The number of benzene rings is 1. The van der Waals surface area contributed by atoms with Gasteiger partial charge >= 0.3 is 0 Å². The van der Waals surface area contributed by atoms with E-state index in [9.17, 15) is 4.79 Å². The number of halogens is 1. The molecule has 0 radical (unpaired) electrons. The molecule has 1 aliphatic rings. The van der Waals surface area contributed by atoms with Crippen LogP contribution in [-0.4, -0.2) is 23.9 Å². The maximum absolute atomic E-state index is 12.5. The fourth-order valence-electron chi connectivity index (χ4n) is 2.75. The molecule has 1 aromatic carbocycles. The molecular weight excluding hydrogens is 260 g/mol. The van der Waals surface area contributed by atoms with Crippen LogP contribution in [0.2, 0.25) is 5.02 Å². The summed E-state index contributed by atoms with van der Waals surface area (Å²) in [5.74, 6) is 0.0149. The Morgan fingerprint density at radius 1 is 1.21 bits per heavy atom. The Balaban J connectivity index is 2.13. The van der Waals surface area contributed by atoms with Crippen molar-refractivity contribution in [1.29, 1.82) is 0 Å². The van der Waals surface area contributed by atoms with E-state index >= 15 is 0 Å². The van der Waals surface area contributed by atoms with Crippen LogP contribution in [0, 0.1) is 0 Å². The Labute approximate surface area is 119 Å². The van der Waals surface area contributed by atoms with Gasteiger partial charge in [0, 0.05) is 29.4 Å². The maximum atomic E-state index is 12.5. The highest BCUT2D eigenvalue weighted by molar-refractivity contribution is 6.31. The zero-order valence-corrected chi connectivity index (χ0v) is 12.1. The van der Waals surface area contributed by atoms with E-state index in [0.29, 0.717) is 22.3 Å². The topological polar surface area (TPSA) is 46.3 Å². The van der Waals surface area contributed by atoms with Crippen LogP contribution in [0.5, 0.6) is 0 Å². The van der Waals surface area contributed by atoms with Crippen LogP contribution in [0.4, 0.5) is 5.69 Å². The van der Waals surface area contributed by atoms with E-state index in [1.807, 2.05) is 11.9 Å². The molecular formula is C15H21ClN2O. The normalized spacial score (nSPS) is 16.9. The zero-order chi connectivity index (χ0) is 13.8. The first-order chi connectivity index (χ1) is 9.08. The molecule has 2 N–H and O–H groups in total. The molecule has 1 fully saturated rings. The van der Waals surface area contributed by atoms with Gasteiger partial charge in [-0.25, -0.2) is 0 Å². The van der Waals surface area contributed by atoms with E-state index in [-0.39, 0.29) is 5.91 Å². The fourth-order valence-corrected chi connectivity index (χ4v) is 2.99. The number of nitrogen functional groups attached to an aromatic ring is 1. The Morgan fingerprint density at radius 2 is 1.84 bits per heavy atom. The molecule has 1 saturated carbocycles. The molecule has 0 aliphatic heterocycles. The molecule has 2 rings (SSSR count). The predicted octanol–water partition coefficient (Wildman–Crippen LogP) is 3.72. The number of amides is 1. The van der Waals surface area contributed by atoms with Crippen molar-refractivity contribution in [3.05, 3.63) is 28.8 Å². The summed E-state index contributed by atoms with van der Waals surface area (Å²) in [4.78, 5) is 14.3. The average molecular weight is 281 g/mol. The second-order valence-electron chi connectivity index (χ2n) is 5.33. The summed E-state index contributed by atoms with van der Waals surface area (Å²) in [6.45, 7) is 0. The van der Waals surface area contributed by atoms with Crippen molar-refractivity contribution in [1.82, 2.24) is 4.90 Å². The van der Waals surface area contributed by atoms with E-state index in [0.717, 1.165) is 12.8 Å². The summed E-state index contributed by atoms with van der Waals surface area (Å²) >= 11 is 5.96. The van der Waals surface area contributed by atoms with Crippen LogP contribution in [0.15, 0.2) is 18.2 Å². The van der Waals surface area contributed by atoms with E-state index in [4.69, 9.17) is 17.3 Å². The third-order valence-corrected chi connectivity index (χ3v) is 4.08. The lowest BCUT2D eigenvalue weighted by Crippen LogP contribution is -2.36. The summed E-state index contributed by atoms with van der Waals surface area (Å²) in [5, 5.41) is 0.512. The van der Waals surface area contributed by atoms with Gasteiger partial charge < -0.3 is 10.6 Å². The SMILES string of the molecule is CN(C(=O)c1cc(N)cc(Cl)c1)C1CCCCCC1. The molecule has 0 bridgehead atoms. The number of nitrogens with two attached hydrogens (primary N) is 1. The smallest absolute Gasteiger partial charge is 0.253 e. The molecule has 4 heteroatoms. The molecule has 1 aromatic rings. The van der Waals surface area contributed by atoms with E-state index in [1.54, 1.807) is 18.2 Å². The van der Waals surface area contributed by atoms with Crippen molar-refractivity contribution < 1.29 is 4.79 Å². The summed E-state index contributed by atoms with van der Waals surface area (Å²) in [5.41, 5.74) is 6.86. The van der Waals surface area contributed by atoms with Gasteiger partial charge in [-0.1, -0.05) is 37.3 Å².